The SMILES string of the molecule is O=P1(Nc2ccc(F)cc2)C=C(c2ccccc2)OC(c2ccccc2)=C1. The Labute approximate surface area is 157 Å². The van der Waals surface area contributed by atoms with Crippen LogP contribution in [0.15, 0.2) is 96.6 Å². The van der Waals surface area contributed by atoms with Crippen LogP contribution in [0.5, 0.6) is 0 Å². The predicted octanol–water partition coefficient (Wildman–Crippen LogP) is 6.54. The first-order chi connectivity index (χ1) is 13.1. The van der Waals surface area contributed by atoms with E-state index in [9.17, 15) is 8.96 Å². The molecule has 27 heavy (non-hydrogen) atoms. The lowest BCUT2D eigenvalue weighted by Gasteiger charge is -2.24. The molecule has 0 radical (unpaired) electrons. The second kappa shape index (κ2) is 7.26. The molecule has 0 amide bonds. The molecule has 1 heterocycles. The van der Waals surface area contributed by atoms with Crippen LogP contribution in [0.3, 0.4) is 0 Å². The van der Waals surface area contributed by atoms with Crippen LogP contribution in [0, 0.1) is 5.82 Å². The van der Waals surface area contributed by atoms with E-state index in [0.29, 0.717) is 17.2 Å². The minimum absolute atomic E-state index is 0.341. The van der Waals surface area contributed by atoms with Crippen molar-refractivity contribution in [2.45, 2.75) is 0 Å². The van der Waals surface area contributed by atoms with Gasteiger partial charge in [0.2, 0.25) is 7.29 Å². The molecule has 0 saturated carbocycles. The van der Waals surface area contributed by atoms with Crippen LogP contribution >= 0.6 is 7.29 Å². The molecule has 0 bridgehead atoms. The second-order valence-corrected chi connectivity index (χ2v) is 8.31. The van der Waals surface area contributed by atoms with Crippen molar-refractivity contribution in [3.8, 4) is 0 Å². The summed E-state index contributed by atoms with van der Waals surface area (Å²) >= 11 is 0. The number of halogens is 1. The molecular formula is C22H17FNO2P. The highest BCUT2D eigenvalue weighted by atomic mass is 31.2. The van der Waals surface area contributed by atoms with E-state index < -0.39 is 7.29 Å². The minimum Gasteiger partial charge on any atom is -0.456 e. The average Bonchev–Trinajstić information content (AvgIpc) is 2.70. The first-order valence-corrected chi connectivity index (χ1v) is 10.3. The Balaban J connectivity index is 1.76. The van der Waals surface area contributed by atoms with Crippen LogP contribution < -0.4 is 5.09 Å². The topological polar surface area (TPSA) is 38.3 Å². The van der Waals surface area contributed by atoms with E-state index in [4.69, 9.17) is 4.74 Å². The van der Waals surface area contributed by atoms with Gasteiger partial charge in [-0.1, -0.05) is 60.7 Å². The first kappa shape index (κ1) is 17.3. The van der Waals surface area contributed by atoms with Gasteiger partial charge < -0.3 is 9.82 Å². The zero-order chi connectivity index (χ0) is 18.7. The summed E-state index contributed by atoms with van der Waals surface area (Å²) in [5, 5.41) is 3.04. The van der Waals surface area contributed by atoms with E-state index in [1.54, 1.807) is 23.8 Å². The Morgan fingerprint density at radius 3 is 1.67 bits per heavy atom. The Kier molecular flexibility index (Phi) is 4.66. The molecule has 1 aliphatic rings. The molecule has 0 aromatic heterocycles. The molecule has 3 nitrogen and oxygen atoms in total. The van der Waals surface area contributed by atoms with Crippen molar-refractivity contribution < 1.29 is 13.7 Å². The number of ether oxygens (including phenoxy) is 1. The molecule has 3 aromatic rings. The van der Waals surface area contributed by atoms with Gasteiger partial charge in [-0.25, -0.2) is 4.39 Å². The highest BCUT2D eigenvalue weighted by Gasteiger charge is 2.27. The van der Waals surface area contributed by atoms with E-state index in [2.05, 4.69) is 5.09 Å². The lowest BCUT2D eigenvalue weighted by Crippen LogP contribution is -2.03. The maximum atomic E-state index is 13.6. The number of anilines is 1. The summed E-state index contributed by atoms with van der Waals surface area (Å²) in [6.45, 7) is 0. The van der Waals surface area contributed by atoms with Gasteiger partial charge in [0.1, 0.15) is 17.3 Å². The monoisotopic (exact) mass is 377 g/mol. The van der Waals surface area contributed by atoms with Gasteiger partial charge in [-0.2, -0.15) is 0 Å². The number of nitrogens with one attached hydrogen (secondary N) is 1. The normalized spacial score (nSPS) is 15.3. The summed E-state index contributed by atoms with van der Waals surface area (Å²) in [6.07, 6.45) is 0. The smallest absolute Gasteiger partial charge is 0.220 e. The Hall–Kier alpha value is -3.10. The van der Waals surface area contributed by atoms with Gasteiger partial charge in [-0.15, -0.1) is 0 Å². The van der Waals surface area contributed by atoms with E-state index >= 15 is 0 Å². The third-order valence-corrected chi connectivity index (χ3v) is 5.95. The Bertz CT molecular complexity index is 985. The number of benzene rings is 3. The molecule has 3 aromatic carbocycles. The maximum absolute atomic E-state index is 13.6. The fraction of sp³-hybridized carbons (Fsp3) is 0. The predicted molar refractivity (Wildman–Crippen MR) is 108 cm³/mol. The summed E-state index contributed by atoms with van der Waals surface area (Å²) in [6, 6.07) is 24.8. The van der Waals surface area contributed by atoms with Crippen molar-refractivity contribution in [1.29, 1.82) is 0 Å². The van der Waals surface area contributed by atoms with Crippen LogP contribution in [-0.4, -0.2) is 0 Å². The molecule has 5 heteroatoms. The van der Waals surface area contributed by atoms with Crippen LogP contribution in [-0.2, 0) is 9.30 Å². The van der Waals surface area contributed by atoms with Crippen LogP contribution in [0.25, 0.3) is 11.5 Å². The van der Waals surface area contributed by atoms with Crippen molar-refractivity contribution in [1.82, 2.24) is 0 Å². The van der Waals surface area contributed by atoms with E-state index in [0.717, 1.165) is 11.1 Å². The highest BCUT2D eigenvalue weighted by Crippen LogP contribution is 2.56. The zero-order valence-electron chi connectivity index (χ0n) is 14.4. The molecule has 0 spiro atoms. The largest absolute Gasteiger partial charge is 0.456 e. The summed E-state index contributed by atoms with van der Waals surface area (Å²) in [7, 11) is -3.12. The van der Waals surface area contributed by atoms with Crippen LogP contribution in [0.4, 0.5) is 10.1 Å². The van der Waals surface area contributed by atoms with Crippen molar-refractivity contribution in [3.05, 3.63) is 114 Å². The lowest BCUT2D eigenvalue weighted by molar-refractivity contribution is 0.469. The fourth-order valence-corrected chi connectivity index (χ4v) is 4.68. The van der Waals surface area contributed by atoms with Crippen LogP contribution in [0.1, 0.15) is 11.1 Å². The Morgan fingerprint density at radius 2 is 1.19 bits per heavy atom. The van der Waals surface area contributed by atoms with Crippen molar-refractivity contribution in [3.63, 3.8) is 0 Å². The molecule has 0 atom stereocenters. The number of hydrogen-bond donors (Lipinski definition) is 1. The molecule has 0 aliphatic carbocycles. The molecular weight excluding hydrogens is 360 g/mol. The number of hydrogen-bond acceptors (Lipinski definition) is 2. The van der Waals surface area contributed by atoms with Gasteiger partial charge in [0.25, 0.3) is 0 Å². The highest BCUT2D eigenvalue weighted by molar-refractivity contribution is 7.72. The fourth-order valence-electron chi connectivity index (χ4n) is 2.82. The summed E-state index contributed by atoms with van der Waals surface area (Å²) in [5.74, 6) is 3.92. The second-order valence-electron chi connectivity index (χ2n) is 6.15. The zero-order valence-corrected chi connectivity index (χ0v) is 15.3. The molecule has 1 N–H and O–H groups in total. The standard InChI is InChI=1S/C22H17FNO2P/c23-19-11-13-20(14-12-19)24-27(25)15-21(17-7-3-1-4-8-17)26-22(16-27)18-9-5-2-6-10-18/h1-16H,(H,24,25). The van der Waals surface area contributed by atoms with E-state index in [-0.39, 0.29) is 5.82 Å². The molecule has 134 valence electrons. The third kappa shape index (κ3) is 4.02. The quantitative estimate of drug-likeness (QED) is 0.525. The van der Waals surface area contributed by atoms with E-state index in [1.165, 1.54) is 12.1 Å². The third-order valence-electron chi connectivity index (χ3n) is 4.10. The summed E-state index contributed by atoms with van der Waals surface area (Å²) in [5.41, 5.74) is 2.24. The van der Waals surface area contributed by atoms with Gasteiger partial charge in [-0.3, -0.25) is 4.57 Å². The molecule has 0 fully saturated rings. The van der Waals surface area contributed by atoms with Crippen molar-refractivity contribution >= 4 is 24.5 Å². The average molecular weight is 377 g/mol. The summed E-state index contributed by atoms with van der Waals surface area (Å²) in [4.78, 5) is 0. The molecule has 0 saturated heterocycles. The maximum Gasteiger partial charge on any atom is 0.220 e. The van der Waals surface area contributed by atoms with Gasteiger partial charge in [0.05, 0.1) is 0 Å². The minimum atomic E-state index is -3.12. The molecule has 4 rings (SSSR count). The summed E-state index contributed by atoms with van der Waals surface area (Å²) < 4.78 is 32.9. The molecule has 1 aliphatic heterocycles. The van der Waals surface area contributed by atoms with Crippen molar-refractivity contribution in [2.24, 2.45) is 0 Å². The van der Waals surface area contributed by atoms with Crippen LogP contribution in [0.2, 0.25) is 0 Å². The first-order valence-electron chi connectivity index (χ1n) is 8.49. The molecule has 0 unspecified atom stereocenters. The van der Waals surface area contributed by atoms with Gasteiger partial charge in [0, 0.05) is 28.4 Å². The van der Waals surface area contributed by atoms with Crippen molar-refractivity contribution in [2.75, 3.05) is 5.09 Å². The number of rotatable bonds is 4. The van der Waals surface area contributed by atoms with Gasteiger partial charge >= 0.3 is 0 Å². The van der Waals surface area contributed by atoms with E-state index in [1.807, 2.05) is 60.7 Å². The Morgan fingerprint density at radius 1 is 0.704 bits per heavy atom. The van der Waals surface area contributed by atoms with Gasteiger partial charge in [-0.05, 0) is 24.3 Å². The lowest BCUT2D eigenvalue weighted by atomic mass is 10.2. The van der Waals surface area contributed by atoms with Gasteiger partial charge in [0.15, 0.2) is 0 Å².